The van der Waals surface area contributed by atoms with E-state index in [1.54, 1.807) is 16.4 Å². The molecule has 0 spiro atoms. The lowest BCUT2D eigenvalue weighted by Crippen LogP contribution is -2.31. The first kappa shape index (κ1) is 20.5. The molecule has 0 unspecified atom stereocenters. The van der Waals surface area contributed by atoms with Gasteiger partial charge in [-0.1, -0.05) is 17.7 Å². The standard InChI is InChI=1S/C22H25NO4S3/c1-15-3-5-17(6-4-15)30(24,25)23-8-7-18(22-28-9-2-10-29-22)19-12-21-20(26-14-27-21)11-16(19)13-23/h3-6,11-12,18,22H,2,7-10,13-14H2,1H3/t18-/m0/s1. The molecule has 5 rings (SSSR count). The van der Waals surface area contributed by atoms with Crippen LogP contribution in [0.2, 0.25) is 0 Å². The number of hydrogen-bond donors (Lipinski definition) is 0. The zero-order valence-corrected chi connectivity index (χ0v) is 19.3. The second-order valence-corrected chi connectivity index (χ2v) is 12.6. The maximum Gasteiger partial charge on any atom is 0.243 e. The van der Waals surface area contributed by atoms with Crippen molar-refractivity contribution in [2.75, 3.05) is 24.8 Å². The molecule has 160 valence electrons. The summed E-state index contributed by atoms with van der Waals surface area (Å²) in [5.74, 6) is 4.12. The Morgan fingerprint density at radius 2 is 1.73 bits per heavy atom. The number of fused-ring (bicyclic) bond motifs is 2. The van der Waals surface area contributed by atoms with Gasteiger partial charge in [-0.15, -0.1) is 23.5 Å². The number of sulfonamides is 1. The lowest BCUT2D eigenvalue weighted by atomic mass is 9.93. The molecule has 0 bridgehead atoms. The van der Waals surface area contributed by atoms with Gasteiger partial charge in [0.05, 0.1) is 9.48 Å². The molecular weight excluding hydrogens is 438 g/mol. The van der Waals surface area contributed by atoms with E-state index in [9.17, 15) is 8.42 Å². The highest BCUT2D eigenvalue weighted by molar-refractivity contribution is 8.17. The van der Waals surface area contributed by atoms with E-state index in [1.165, 1.54) is 23.5 Å². The van der Waals surface area contributed by atoms with Gasteiger partial charge >= 0.3 is 0 Å². The van der Waals surface area contributed by atoms with Crippen molar-refractivity contribution in [3.63, 3.8) is 0 Å². The van der Waals surface area contributed by atoms with Crippen molar-refractivity contribution in [1.29, 1.82) is 0 Å². The fourth-order valence-corrected chi connectivity index (χ4v) is 8.97. The number of rotatable bonds is 3. The smallest absolute Gasteiger partial charge is 0.243 e. The van der Waals surface area contributed by atoms with Crippen LogP contribution in [0.4, 0.5) is 0 Å². The van der Waals surface area contributed by atoms with Crippen LogP contribution < -0.4 is 9.47 Å². The lowest BCUT2D eigenvalue weighted by molar-refractivity contribution is 0.174. The van der Waals surface area contributed by atoms with E-state index in [4.69, 9.17) is 9.47 Å². The predicted octanol–water partition coefficient (Wildman–Crippen LogP) is 4.60. The Bertz CT molecular complexity index is 1030. The van der Waals surface area contributed by atoms with E-state index in [-0.39, 0.29) is 6.79 Å². The first-order valence-corrected chi connectivity index (χ1v) is 13.8. The van der Waals surface area contributed by atoms with Crippen LogP contribution in [0, 0.1) is 6.92 Å². The van der Waals surface area contributed by atoms with Crippen molar-refractivity contribution >= 4 is 33.5 Å². The van der Waals surface area contributed by atoms with Crippen molar-refractivity contribution < 1.29 is 17.9 Å². The molecule has 3 aliphatic rings. The largest absolute Gasteiger partial charge is 0.454 e. The minimum absolute atomic E-state index is 0.223. The molecule has 1 fully saturated rings. The fraction of sp³-hybridized carbons (Fsp3) is 0.455. The molecule has 0 amide bonds. The van der Waals surface area contributed by atoms with Gasteiger partial charge in [0, 0.05) is 19.0 Å². The first-order valence-electron chi connectivity index (χ1n) is 10.2. The van der Waals surface area contributed by atoms with Crippen LogP contribution in [0.15, 0.2) is 41.3 Å². The van der Waals surface area contributed by atoms with Gasteiger partial charge in [0.15, 0.2) is 11.5 Å². The van der Waals surface area contributed by atoms with E-state index < -0.39 is 10.0 Å². The van der Waals surface area contributed by atoms with Gasteiger partial charge < -0.3 is 9.47 Å². The zero-order chi connectivity index (χ0) is 20.7. The quantitative estimate of drug-likeness (QED) is 0.663. The molecule has 0 saturated carbocycles. The Labute approximate surface area is 186 Å². The second kappa shape index (κ2) is 8.30. The third kappa shape index (κ3) is 3.83. The van der Waals surface area contributed by atoms with Gasteiger partial charge in [0.2, 0.25) is 16.8 Å². The third-order valence-corrected chi connectivity index (χ3v) is 10.9. The Hall–Kier alpha value is -1.35. The highest BCUT2D eigenvalue weighted by atomic mass is 32.2. The number of nitrogens with zero attached hydrogens (tertiary/aromatic N) is 1. The highest BCUT2D eigenvalue weighted by Gasteiger charge is 2.36. The molecular formula is C22H25NO4S3. The minimum atomic E-state index is -3.57. The molecule has 0 radical (unpaired) electrons. The van der Waals surface area contributed by atoms with Crippen molar-refractivity contribution in [3.05, 3.63) is 53.1 Å². The van der Waals surface area contributed by atoms with Gasteiger partial charge in [-0.2, -0.15) is 4.31 Å². The van der Waals surface area contributed by atoms with E-state index in [0.717, 1.165) is 23.3 Å². The molecule has 0 N–H and O–H groups in total. The Morgan fingerprint density at radius 3 is 2.47 bits per heavy atom. The zero-order valence-electron chi connectivity index (χ0n) is 16.9. The summed E-state index contributed by atoms with van der Waals surface area (Å²) in [6.07, 6.45) is 2.04. The van der Waals surface area contributed by atoms with Crippen LogP contribution in [0.3, 0.4) is 0 Å². The number of ether oxygens (including phenoxy) is 2. The SMILES string of the molecule is Cc1ccc(S(=O)(=O)N2CC[C@H](C3SCCCS3)c3cc4c(cc3C2)OCO4)cc1. The summed E-state index contributed by atoms with van der Waals surface area (Å²) in [5.41, 5.74) is 3.30. The third-order valence-electron chi connectivity index (χ3n) is 5.91. The maximum atomic E-state index is 13.4. The monoisotopic (exact) mass is 463 g/mol. The van der Waals surface area contributed by atoms with Gasteiger partial charge in [-0.25, -0.2) is 8.42 Å². The van der Waals surface area contributed by atoms with Gasteiger partial charge in [-0.05, 0) is 66.7 Å². The molecule has 3 aliphatic heterocycles. The van der Waals surface area contributed by atoms with E-state index in [1.807, 2.05) is 48.6 Å². The normalized spacial score (nSPS) is 22.5. The molecule has 5 nitrogen and oxygen atoms in total. The Balaban J connectivity index is 1.53. The Morgan fingerprint density at radius 1 is 1.03 bits per heavy atom. The van der Waals surface area contributed by atoms with E-state index >= 15 is 0 Å². The van der Waals surface area contributed by atoms with Gasteiger partial charge in [0.25, 0.3) is 0 Å². The van der Waals surface area contributed by atoms with Gasteiger partial charge in [-0.3, -0.25) is 0 Å². The van der Waals surface area contributed by atoms with Crippen LogP contribution in [-0.2, 0) is 16.6 Å². The number of thioether (sulfide) groups is 2. The minimum Gasteiger partial charge on any atom is -0.454 e. The summed E-state index contributed by atoms with van der Waals surface area (Å²) >= 11 is 4.01. The molecule has 1 atom stereocenters. The summed E-state index contributed by atoms with van der Waals surface area (Å²) < 4.78 is 40.2. The number of aryl methyl sites for hydroxylation is 1. The van der Waals surface area contributed by atoms with Crippen molar-refractivity contribution in [1.82, 2.24) is 4.31 Å². The molecule has 3 heterocycles. The molecule has 0 aliphatic carbocycles. The van der Waals surface area contributed by atoms with Crippen LogP contribution >= 0.6 is 23.5 Å². The average molecular weight is 464 g/mol. The second-order valence-electron chi connectivity index (χ2n) is 7.91. The lowest BCUT2D eigenvalue weighted by Gasteiger charge is -2.30. The molecule has 2 aromatic rings. The highest BCUT2D eigenvalue weighted by Crippen LogP contribution is 2.48. The summed E-state index contributed by atoms with van der Waals surface area (Å²) in [7, 11) is -3.57. The van der Waals surface area contributed by atoms with Crippen LogP contribution in [0.25, 0.3) is 0 Å². The summed E-state index contributed by atoms with van der Waals surface area (Å²) in [6, 6.07) is 11.2. The molecule has 8 heteroatoms. The van der Waals surface area contributed by atoms with Crippen molar-refractivity contribution in [3.8, 4) is 11.5 Å². The van der Waals surface area contributed by atoms with Crippen LogP contribution in [0.1, 0.15) is 35.4 Å². The van der Waals surface area contributed by atoms with Crippen LogP contribution in [-0.4, -0.2) is 42.1 Å². The van der Waals surface area contributed by atoms with Crippen molar-refractivity contribution in [2.45, 2.75) is 41.7 Å². The van der Waals surface area contributed by atoms with E-state index in [0.29, 0.717) is 34.2 Å². The molecule has 30 heavy (non-hydrogen) atoms. The van der Waals surface area contributed by atoms with Crippen molar-refractivity contribution in [2.24, 2.45) is 0 Å². The van der Waals surface area contributed by atoms with Crippen LogP contribution in [0.5, 0.6) is 11.5 Å². The summed E-state index contributed by atoms with van der Waals surface area (Å²) in [6.45, 7) is 3.06. The summed E-state index contributed by atoms with van der Waals surface area (Å²) in [4.78, 5) is 0.357. The average Bonchev–Trinajstić information content (AvgIpc) is 3.12. The topological polar surface area (TPSA) is 55.8 Å². The summed E-state index contributed by atoms with van der Waals surface area (Å²) in [5, 5.41) is 0. The van der Waals surface area contributed by atoms with Gasteiger partial charge in [0.1, 0.15) is 0 Å². The predicted molar refractivity (Wildman–Crippen MR) is 122 cm³/mol. The fourth-order valence-electron chi connectivity index (χ4n) is 4.28. The maximum absolute atomic E-state index is 13.4. The van der Waals surface area contributed by atoms with E-state index in [2.05, 4.69) is 6.07 Å². The number of hydrogen-bond acceptors (Lipinski definition) is 6. The number of benzene rings is 2. The molecule has 1 saturated heterocycles. The Kier molecular flexibility index (Phi) is 5.68. The molecule has 2 aromatic carbocycles. The molecule has 0 aromatic heterocycles. The first-order chi connectivity index (χ1) is 14.5.